The van der Waals surface area contributed by atoms with Gasteiger partial charge in [-0.1, -0.05) is 0 Å². The quantitative estimate of drug-likeness (QED) is 0.332. The van der Waals surface area contributed by atoms with Crippen molar-refractivity contribution in [1.82, 2.24) is 4.98 Å². The van der Waals surface area contributed by atoms with Gasteiger partial charge in [0.15, 0.2) is 23.2 Å². The number of aliphatic hydroxyl groups is 3. The monoisotopic (exact) mass is 387 g/mol. The fourth-order valence-corrected chi connectivity index (χ4v) is 3.07. The topological polar surface area (TPSA) is 188 Å². The van der Waals surface area contributed by atoms with Crippen LogP contribution >= 0.6 is 11.3 Å². The number of nitro groups is 1. The fraction of sp³-hybridized carbons (Fsp3) is 0.385. The summed E-state index contributed by atoms with van der Waals surface area (Å²) in [5, 5.41) is 53.3. The molecule has 1 aliphatic rings. The molecular formula is C13H13N3O9S. The van der Waals surface area contributed by atoms with Crippen LogP contribution < -0.4 is 5.32 Å². The van der Waals surface area contributed by atoms with Crippen molar-refractivity contribution < 1.29 is 39.3 Å². The second kappa shape index (κ2) is 6.97. The van der Waals surface area contributed by atoms with E-state index in [4.69, 9.17) is 14.3 Å². The molecule has 0 radical (unpaired) electrons. The van der Waals surface area contributed by atoms with Crippen molar-refractivity contribution in [2.75, 3.05) is 5.32 Å². The number of nitrogens with one attached hydrogen (secondary N) is 1. The molecule has 2 aromatic rings. The van der Waals surface area contributed by atoms with Gasteiger partial charge in [-0.05, 0) is 6.07 Å². The molecule has 3 heterocycles. The molecule has 2 aromatic heterocycles. The van der Waals surface area contributed by atoms with Crippen molar-refractivity contribution in [3.63, 3.8) is 0 Å². The van der Waals surface area contributed by atoms with Crippen LogP contribution in [0.4, 0.5) is 11.0 Å². The van der Waals surface area contributed by atoms with Crippen LogP contribution in [0, 0.1) is 10.1 Å². The summed E-state index contributed by atoms with van der Waals surface area (Å²) in [6, 6.07) is 2.54. The highest BCUT2D eigenvalue weighted by Gasteiger charge is 2.47. The molecule has 0 amide bonds. The smallest absolute Gasteiger partial charge is 0.433 e. The molecule has 0 saturated carbocycles. The molecule has 0 aliphatic carbocycles. The summed E-state index contributed by atoms with van der Waals surface area (Å²) in [7, 11) is 0. The Hall–Kier alpha value is -2.58. The van der Waals surface area contributed by atoms with Crippen molar-refractivity contribution in [2.24, 2.45) is 0 Å². The van der Waals surface area contributed by atoms with E-state index < -0.39 is 47.4 Å². The minimum Gasteiger partial charge on any atom is -0.479 e. The SMILES string of the molecule is O=C(O)[C@H]1O[C@@H](Nc2nc(-c3ccc([N+](=O)[O-])o3)cs2)[C@H](O)[C@@H](O)[C@@H]1O. The number of rotatable bonds is 5. The van der Waals surface area contributed by atoms with Crippen LogP contribution in [0.15, 0.2) is 21.9 Å². The number of carboxylic acids is 1. The number of ether oxygens (including phenoxy) is 1. The molecule has 5 atom stereocenters. The third kappa shape index (κ3) is 3.38. The molecule has 5 N–H and O–H groups in total. The van der Waals surface area contributed by atoms with Gasteiger partial charge >= 0.3 is 11.9 Å². The van der Waals surface area contributed by atoms with E-state index in [1.807, 2.05) is 0 Å². The van der Waals surface area contributed by atoms with Gasteiger partial charge in [0.1, 0.15) is 28.9 Å². The first-order chi connectivity index (χ1) is 12.3. The summed E-state index contributed by atoms with van der Waals surface area (Å²) in [4.78, 5) is 25.1. The molecular weight excluding hydrogens is 374 g/mol. The third-order valence-corrected chi connectivity index (χ3v) is 4.42. The second-order valence-corrected chi connectivity index (χ2v) is 6.22. The Morgan fingerprint density at radius 3 is 2.62 bits per heavy atom. The molecule has 0 unspecified atom stereocenters. The van der Waals surface area contributed by atoms with Crippen LogP contribution in [-0.2, 0) is 9.53 Å². The predicted molar refractivity (Wildman–Crippen MR) is 84.4 cm³/mol. The molecule has 1 saturated heterocycles. The lowest BCUT2D eigenvalue weighted by Crippen LogP contribution is -2.61. The van der Waals surface area contributed by atoms with Crippen LogP contribution in [0.25, 0.3) is 11.5 Å². The van der Waals surface area contributed by atoms with Crippen molar-refractivity contribution >= 4 is 28.3 Å². The maximum atomic E-state index is 11.1. The molecule has 0 bridgehead atoms. The number of anilines is 1. The van der Waals surface area contributed by atoms with Crippen molar-refractivity contribution in [2.45, 2.75) is 30.6 Å². The van der Waals surface area contributed by atoms with E-state index >= 15 is 0 Å². The molecule has 0 aromatic carbocycles. The molecule has 26 heavy (non-hydrogen) atoms. The average Bonchev–Trinajstić information content (AvgIpc) is 3.24. The number of hydrogen-bond donors (Lipinski definition) is 5. The number of aromatic nitrogens is 1. The highest BCUT2D eigenvalue weighted by molar-refractivity contribution is 7.14. The summed E-state index contributed by atoms with van der Waals surface area (Å²) in [6.07, 6.45) is -8.24. The lowest BCUT2D eigenvalue weighted by atomic mass is 9.98. The number of aliphatic hydroxyl groups excluding tert-OH is 3. The highest BCUT2D eigenvalue weighted by Crippen LogP contribution is 2.30. The van der Waals surface area contributed by atoms with Crippen LogP contribution in [-0.4, -0.2) is 66.9 Å². The number of thiazole rings is 1. The van der Waals surface area contributed by atoms with Crippen LogP contribution in [0.2, 0.25) is 0 Å². The Morgan fingerprint density at radius 2 is 2.00 bits per heavy atom. The average molecular weight is 387 g/mol. The Balaban J connectivity index is 1.75. The Bertz CT molecular complexity index is 821. The molecule has 3 rings (SSSR count). The Morgan fingerprint density at radius 1 is 1.27 bits per heavy atom. The number of furan rings is 1. The zero-order valence-electron chi connectivity index (χ0n) is 12.8. The molecule has 0 spiro atoms. The first-order valence-corrected chi connectivity index (χ1v) is 8.05. The van der Waals surface area contributed by atoms with Gasteiger partial charge in [0.2, 0.25) is 0 Å². The summed E-state index contributed by atoms with van der Waals surface area (Å²) in [5.74, 6) is -1.81. The summed E-state index contributed by atoms with van der Waals surface area (Å²) in [6.45, 7) is 0. The Labute approximate surface area is 148 Å². The van der Waals surface area contributed by atoms with Crippen molar-refractivity contribution in [3.05, 3.63) is 27.6 Å². The van der Waals surface area contributed by atoms with Gasteiger partial charge in [0.05, 0.1) is 6.07 Å². The van der Waals surface area contributed by atoms with Gasteiger partial charge in [-0.15, -0.1) is 11.3 Å². The van der Waals surface area contributed by atoms with Crippen LogP contribution in [0.5, 0.6) is 0 Å². The van der Waals surface area contributed by atoms with Crippen LogP contribution in [0.1, 0.15) is 0 Å². The van der Waals surface area contributed by atoms with Gasteiger partial charge < -0.3 is 34.9 Å². The molecule has 140 valence electrons. The number of aliphatic carboxylic acids is 1. The normalized spacial score (nSPS) is 28.7. The molecule has 13 heteroatoms. The van der Waals surface area contributed by atoms with E-state index in [0.717, 1.165) is 11.3 Å². The molecule has 1 aliphatic heterocycles. The van der Waals surface area contributed by atoms with Crippen molar-refractivity contribution in [1.29, 1.82) is 0 Å². The van der Waals surface area contributed by atoms with Crippen LogP contribution in [0.3, 0.4) is 0 Å². The minimum atomic E-state index is -1.80. The van der Waals surface area contributed by atoms with E-state index in [2.05, 4.69) is 10.3 Å². The van der Waals surface area contributed by atoms with E-state index in [9.17, 15) is 30.2 Å². The maximum Gasteiger partial charge on any atom is 0.433 e. The van der Waals surface area contributed by atoms with Gasteiger partial charge in [0.25, 0.3) is 0 Å². The Kier molecular flexibility index (Phi) is 4.88. The van der Waals surface area contributed by atoms with E-state index in [-0.39, 0.29) is 16.6 Å². The number of nitrogens with zero attached hydrogens (tertiary/aromatic N) is 2. The van der Waals surface area contributed by atoms with Crippen molar-refractivity contribution in [3.8, 4) is 11.5 Å². The lowest BCUT2D eigenvalue weighted by Gasteiger charge is -2.38. The van der Waals surface area contributed by atoms with E-state index in [1.54, 1.807) is 0 Å². The molecule has 1 fully saturated rings. The standard InChI is InChI=1S/C13H13N3O9S/c17-7-8(18)10(12(20)21)25-11(9(7)19)15-13-14-4(3-26-13)5-1-2-6(24-5)16(22)23/h1-3,7-11,17-19H,(H,14,15)(H,20,21)/t7-,8-,9+,10-,11+/m0/s1. The second-order valence-electron chi connectivity index (χ2n) is 5.36. The first kappa shape index (κ1) is 18.2. The number of carboxylic acid groups (broad SMARTS) is 1. The van der Waals surface area contributed by atoms with Gasteiger partial charge in [-0.3, -0.25) is 10.1 Å². The summed E-state index contributed by atoms with van der Waals surface area (Å²) in [5.41, 5.74) is 0.270. The largest absolute Gasteiger partial charge is 0.479 e. The highest BCUT2D eigenvalue weighted by atomic mass is 32.1. The van der Waals surface area contributed by atoms with E-state index in [0.29, 0.717) is 0 Å². The van der Waals surface area contributed by atoms with Gasteiger partial charge in [-0.2, -0.15) is 0 Å². The fourth-order valence-electron chi connectivity index (χ4n) is 2.34. The van der Waals surface area contributed by atoms with Gasteiger partial charge in [0, 0.05) is 5.38 Å². The summed E-state index contributed by atoms with van der Waals surface area (Å²) >= 11 is 1.03. The van der Waals surface area contributed by atoms with E-state index in [1.165, 1.54) is 17.5 Å². The third-order valence-electron chi connectivity index (χ3n) is 3.65. The zero-order valence-corrected chi connectivity index (χ0v) is 13.6. The maximum absolute atomic E-state index is 11.1. The predicted octanol–water partition coefficient (Wildman–Crippen LogP) is -0.385. The molecule has 12 nitrogen and oxygen atoms in total. The first-order valence-electron chi connectivity index (χ1n) is 7.17. The number of carbonyl (C=O) groups is 1. The zero-order chi connectivity index (χ0) is 19.0. The number of hydrogen-bond acceptors (Lipinski definition) is 11. The minimum absolute atomic E-state index is 0.144. The lowest BCUT2D eigenvalue weighted by molar-refractivity contribution is -0.401. The summed E-state index contributed by atoms with van der Waals surface area (Å²) < 4.78 is 10.1. The van der Waals surface area contributed by atoms with Gasteiger partial charge in [-0.25, -0.2) is 9.78 Å².